The molecule has 1 atom stereocenters. The molecule has 0 aromatic heterocycles. The van der Waals surface area contributed by atoms with Gasteiger partial charge in [0.15, 0.2) is 0 Å². The summed E-state index contributed by atoms with van der Waals surface area (Å²) >= 11 is 0. The van der Waals surface area contributed by atoms with Crippen molar-refractivity contribution in [1.29, 1.82) is 0 Å². The van der Waals surface area contributed by atoms with E-state index in [1.54, 1.807) is 31.4 Å². The summed E-state index contributed by atoms with van der Waals surface area (Å²) in [4.78, 5) is 11.9. The quantitative estimate of drug-likeness (QED) is 0.850. The zero-order chi connectivity index (χ0) is 12.8. The van der Waals surface area contributed by atoms with Gasteiger partial charge in [-0.2, -0.15) is 0 Å². The van der Waals surface area contributed by atoms with Gasteiger partial charge in [-0.1, -0.05) is 6.42 Å². The molecule has 4 heteroatoms. The molecule has 1 aliphatic rings. The number of carbonyl (C=O) groups is 1. The Bertz CT molecular complexity index is 383. The predicted octanol–water partition coefficient (Wildman–Crippen LogP) is 1.57. The number of ether oxygens (including phenoxy) is 1. The van der Waals surface area contributed by atoms with Gasteiger partial charge in [-0.3, -0.25) is 4.79 Å². The van der Waals surface area contributed by atoms with E-state index in [1.165, 1.54) is 12.8 Å². The summed E-state index contributed by atoms with van der Waals surface area (Å²) in [6, 6.07) is 7.58. The van der Waals surface area contributed by atoms with Gasteiger partial charge in [0, 0.05) is 18.2 Å². The molecule has 4 nitrogen and oxygen atoms in total. The summed E-state index contributed by atoms with van der Waals surface area (Å²) < 4.78 is 5.06. The van der Waals surface area contributed by atoms with E-state index < -0.39 is 0 Å². The molecule has 1 unspecified atom stereocenters. The fraction of sp³-hybridized carbons (Fsp3) is 0.500. The summed E-state index contributed by atoms with van der Waals surface area (Å²) in [6.07, 6.45) is 3.63. The number of amides is 1. The average molecular weight is 248 g/mol. The predicted molar refractivity (Wildman–Crippen MR) is 71.0 cm³/mol. The lowest BCUT2D eigenvalue weighted by Gasteiger charge is -2.23. The van der Waals surface area contributed by atoms with Gasteiger partial charge in [0.1, 0.15) is 5.75 Å². The van der Waals surface area contributed by atoms with Crippen molar-refractivity contribution in [1.82, 2.24) is 10.6 Å². The van der Waals surface area contributed by atoms with Crippen LogP contribution in [0, 0.1) is 0 Å². The minimum atomic E-state index is -0.0231. The third-order valence-electron chi connectivity index (χ3n) is 3.27. The Morgan fingerprint density at radius 3 is 2.78 bits per heavy atom. The molecule has 0 bridgehead atoms. The third kappa shape index (κ3) is 3.47. The Kier molecular flexibility index (Phi) is 4.59. The molecule has 0 aliphatic carbocycles. The Hall–Kier alpha value is -1.55. The van der Waals surface area contributed by atoms with Crippen molar-refractivity contribution in [2.24, 2.45) is 0 Å². The van der Waals surface area contributed by atoms with Gasteiger partial charge in [0.05, 0.1) is 7.11 Å². The summed E-state index contributed by atoms with van der Waals surface area (Å²) in [5, 5.41) is 6.37. The first-order valence-corrected chi connectivity index (χ1v) is 6.45. The van der Waals surface area contributed by atoms with Crippen molar-refractivity contribution in [2.75, 3.05) is 20.2 Å². The zero-order valence-corrected chi connectivity index (χ0v) is 10.7. The van der Waals surface area contributed by atoms with E-state index in [0.717, 1.165) is 18.7 Å². The number of piperidine rings is 1. The van der Waals surface area contributed by atoms with Crippen LogP contribution in [0.3, 0.4) is 0 Å². The highest BCUT2D eigenvalue weighted by molar-refractivity contribution is 5.94. The van der Waals surface area contributed by atoms with Crippen LogP contribution >= 0.6 is 0 Å². The molecular weight excluding hydrogens is 228 g/mol. The second-order valence-corrected chi connectivity index (χ2v) is 4.59. The first-order chi connectivity index (χ1) is 8.79. The van der Waals surface area contributed by atoms with Gasteiger partial charge in [-0.15, -0.1) is 0 Å². The highest BCUT2D eigenvalue weighted by atomic mass is 16.5. The van der Waals surface area contributed by atoms with Gasteiger partial charge in [0.25, 0.3) is 5.91 Å². The molecule has 0 radical (unpaired) electrons. The van der Waals surface area contributed by atoms with Crippen LogP contribution in [0.1, 0.15) is 29.6 Å². The van der Waals surface area contributed by atoms with E-state index >= 15 is 0 Å². The van der Waals surface area contributed by atoms with Gasteiger partial charge < -0.3 is 15.4 Å². The van der Waals surface area contributed by atoms with Crippen molar-refractivity contribution < 1.29 is 9.53 Å². The molecule has 98 valence electrons. The Labute approximate surface area is 108 Å². The lowest BCUT2D eigenvalue weighted by molar-refractivity contribution is 0.0947. The second kappa shape index (κ2) is 6.40. The van der Waals surface area contributed by atoms with Gasteiger partial charge in [-0.25, -0.2) is 0 Å². The van der Waals surface area contributed by atoms with Crippen LogP contribution in [0.25, 0.3) is 0 Å². The van der Waals surface area contributed by atoms with Crippen LogP contribution in [-0.2, 0) is 0 Å². The van der Waals surface area contributed by atoms with E-state index in [1.807, 2.05) is 0 Å². The van der Waals surface area contributed by atoms with E-state index in [-0.39, 0.29) is 5.91 Å². The number of carbonyl (C=O) groups excluding carboxylic acids is 1. The molecule has 1 heterocycles. The maximum atomic E-state index is 11.9. The maximum absolute atomic E-state index is 11.9. The summed E-state index contributed by atoms with van der Waals surface area (Å²) in [5.41, 5.74) is 0.673. The first-order valence-electron chi connectivity index (χ1n) is 6.45. The summed E-state index contributed by atoms with van der Waals surface area (Å²) in [5.74, 6) is 0.741. The molecule has 2 rings (SSSR count). The molecule has 1 fully saturated rings. The first kappa shape index (κ1) is 12.9. The summed E-state index contributed by atoms with van der Waals surface area (Å²) in [7, 11) is 1.61. The normalized spacial score (nSPS) is 19.3. The largest absolute Gasteiger partial charge is 0.497 e. The van der Waals surface area contributed by atoms with Crippen LogP contribution < -0.4 is 15.4 Å². The average Bonchev–Trinajstić information content (AvgIpc) is 2.46. The number of hydrogen-bond donors (Lipinski definition) is 2. The van der Waals surface area contributed by atoms with E-state index in [9.17, 15) is 4.79 Å². The highest BCUT2D eigenvalue weighted by Gasteiger charge is 2.13. The van der Waals surface area contributed by atoms with Gasteiger partial charge >= 0.3 is 0 Å². The van der Waals surface area contributed by atoms with Crippen LogP contribution in [0.15, 0.2) is 24.3 Å². The molecule has 1 saturated heterocycles. The lowest BCUT2D eigenvalue weighted by Crippen LogP contribution is -2.43. The number of benzene rings is 1. The molecule has 1 aromatic carbocycles. The van der Waals surface area contributed by atoms with Gasteiger partial charge in [0.2, 0.25) is 0 Å². The molecule has 18 heavy (non-hydrogen) atoms. The Balaban J connectivity index is 1.82. The monoisotopic (exact) mass is 248 g/mol. The number of methoxy groups -OCH3 is 1. The molecule has 1 aromatic rings. The maximum Gasteiger partial charge on any atom is 0.251 e. The zero-order valence-electron chi connectivity index (χ0n) is 10.7. The topological polar surface area (TPSA) is 50.4 Å². The van der Waals surface area contributed by atoms with Crippen molar-refractivity contribution in [3.8, 4) is 5.75 Å². The van der Waals surface area contributed by atoms with Crippen molar-refractivity contribution in [3.05, 3.63) is 29.8 Å². The van der Waals surface area contributed by atoms with E-state index in [4.69, 9.17) is 4.74 Å². The molecule has 2 N–H and O–H groups in total. The highest BCUT2D eigenvalue weighted by Crippen LogP contribution is 2.11. The fourth-order valence-corrected chi connectivity index (χ4v) is 2.16. The van der Waals surface area contributed by atoms with E-state index in [2.05, 4.69) is 10.6 Å². The van der Waals surface area contributed by atoms with Crippen molar-refractivity contribution in [3.63, 3.8) is 0 Å². The molecule has 1 amide bonds. The van der Waals surface area contributed by atoms with Crippen molar-refractivity contribution >= 4 is 5.91 Å². The smallest absolute Gasteiger partial charge is 0.251 e. The summed E-state index contributed by atoms with van der Waals surface area (Å²) in [6.45, 7) is 1.76. The SMILES string of the molecule is COc1ccc(C(=O)NCC2CCCCN2)cc1. The van der Waals surface area contributed by atoms with Crippen LogP contribution in [-0.4, -0.2) is 32.1 Å². The van der Waals surface area contributed by atoms with Crippen LogP contribution in [0.5, 0.6) is 5.75 Å². The number of hydrogen-bond acceptors (Lipinski definition) is 3. The number of nitrogens with one attached hydrogen (secondary N) is 2. The standard InChI is InChI=1S/C14H20N2O2/c1-18-13-7-5-11(6-8-13)14(17)16-10-12-4-2-3-9-15-12/h5-8,12,15H,2-4,9-10H2,1H3,(H,16,17). The van der Waals surface area contributed by atoms with E-state index in [0.29, 0.717) is 18.2 Å². The fourth-order valence-electron chi connectivity index (χ4n) is 2.16. The minimum absolute atomic E-state index is 0.0231. The molecule has 1 aliphatic heterocycles. The van der Waals surface area contributed by atoms with Gasteiger partial charge in [-0.05, 0) is 43.7 Å². The Morgan fingerprint density at radius 2 is 2.17 bits per heavy atom. The molecule has 0 saturated carbocycles. The minimum Gasteiger partial charge on any atom is -0.497 e. The number of rotatable bonds is 4. The molecular formula is C14H20N2O2. The van der Waals surface area contributed by atoms with Crippen LogP contribution in [0.2, 0.25) is 0 Å². The van der Waals surface area contributed by atoms with Crippen molar-refractivity contribution in [2.45, 2.75) is 25.3 Å². The third-order valence-corrected chi connectivity index (χ3v) is 3.27. The second-order valence-electron chi connectivity index (χ2n) is 4.59. The van der Waals surface area contributed by atoms with Crippen LogP contribution in [0.4, 0.5) is 0 Å². The lowest BCUT2D eigenvalue weighted by atomic mass is 10.1. The molecule has 0 spiro atoms. The Morgan fingerprint density at radius 1 is 1.39 bits per heavy atom.